The fourth-order valence-electron chi connectivity index (χ4n) is 1.40. The quantitative estimate of drug-likeness (QED) is 0.494. The fraction of sp³-hybridized carbons (Fsp3) is 0.0909. The Morgan fingerprint density at radius 2 is 1.65 bits per heavy atom. The first-order valence-corrected chi connectivity index (χ1v) is 7.84. The molecule has 0 saturated carbocycles. The predicted molar refractivity (Wildman–Crippen MR) is 76.8 cm³/mol. The molecule has 0 radical (unpaired) electrons. The summed E-state index contributed by atoms with van der Waals surface area (Å²) in [4.78, 5) is 0.365. The van der Waals surface area contributed by atoms with E-state index in [-0.39, 0.29) is 5.56 Å². The van der Waals surface area contributed by atoms with E-state index < -0.39 is 16.5 Å². The number of rotatable bonds is 2. The average molecular weight is 447 g/mol. The molecule has 1 aromatic carbocycles. The molecule has 17 heavy (non-hydrogen) atoms. The normalized spacial score (nSPS) is 12.8. The smallest absolute Gasteiger partial charge is 0.131 e. The van der Waals surface area contributed by atoms with Crippen LogP contribution in [0.2, 0.25) is 0 Å². The van der Waals surface area contributed by atoms with E-state index in [1.54, 1.807) is 0 Å². The largest absolute Gasteiger partial charge is 0.206 e. The molecule has 0 fully saturated rings. The lowest BCUT2D eigenvalue weighted by atomic mass is 10.1. The lowest BCUT2D eigenvalue weighted by molar-refractivity contribution is 0.560. The van der Waals surface area contributed by atoms with Gasteiger partial charge in [-0.25, -0.2) is 8.78 Å². The Balaban J connectivity index is 2.47. The number of hydrogen-bond acceptors (Lipinski definition) is 1. The molecule has 0 bridgehead atoms. The van der Waals surface area contributed by atoms with E-state index in [9.17, 15) is 8.78 Å². The summed E-state index contributed by atoms with van der Waals surface area (Å²) in [5.41, 5.74) is 0.0301. The molecule has 0 N–H and O–H groups in total. The highest BCUT2D eigenvalue weighted by atomic mass is 79.9. The van der Waals surface area contributed by atoms with Gasteiger partial charge in [0.2, 0.25) is 0 Å². The van der Waals surface area contributed by atoms with Gasteiger partial charge in [0.05, 0.1) is 8.61 Å². The van der Waals surface area contributed by atoms with E-state index in [1.165, 1.54) is 23.5 Å². The number of hydrogen-bond donors (Lipinski definition) is 0. The van der Waals surface area contributed by atoms with Crippen molar-refractivity contribution in [2.75, 3.05) is 0 Å². The third-order valence-electron chi connectivity index (χ3n) is 2.14. The van der Waals surface area contributed by atoms with Gasteiger partial charge < -0.3 is 0 Å². The van der Waals surface area contributed by atoms with E-state index >= 15 is 0 Å². The molecular weight excluding hydrogens is 442 g/mol. The molecule has 0 saturated heterocycles. The third kappa shape index (κ3) is 2.97. The Bertz CT molecular complexity index is 530. The van der Waals surface area contributed by atoms with E-state index in [4.69, 9.17) is 0 Å². The molecule has 2 aromatic rings. The summed E-state index contributed by atoms with van der Waals surface area (Å²) in [5, 5.41) is 0. The van der Waals surface area contributed by atoms with Crippen molar-refractivity contribution < 1.29 is 8.78 Å². The lowest BCUT2D eigenvalue weighted by Crippen LogP contribution is -1.99. The van der Waals surface area contributed by atoms with Gasteiger partial charge in [-0.3, -0.25) is 0 Å². The van der Waals surface area contributed by atoms with E-state index in [0.717, 1.165) is 8.66 Å². The Morgan fingerprint density at radius 1 is 1.06 bits per heavy atom. The maximum Gasteiger partial charge on any atom is 0.131 e. The Labute approximate surface area is 126 Å². The number of halogens is 5. The maximum absolute atomic E-state index is 13.7. The van der Waals surface area contributed by atoms with E-state index in [2.05, 4.69) is 47.8 Å². The van der Waals surface area contributed by atoms with Crippen LogP contribution in [0.15, 0.2) is 32.5 Å². The van der Waals surface area contributed by atoms with Gasteiger partial charge in [-0.2, -0.15) is 0 Å². The Hall–Kier alpha value is 0.220. The highest BCUT2D eigenvalue weighted by Gasteiger charge is 2.21. The lowest BCUT2D eigenvalue weighted by Gasteiger charge is -2.11. The molecule has 90 valence electrons. The minimum atomic E-state index is -0.566. The summed E-state index contributed by atoms with van der Waals surface area (Å²) in [6.07, 6.45) is 0. The standard InChI is InChI=1S/C11H5Br3F2S/c12-5-3-6(15)10(7(16)4-5)11(14)8-1-2-9(13)17-8/h1-4,11H. The van der Waals surface area contributed by atoms with Crippen LogP contribution in [0.4, 0.5) is 8.78 Å². The van der Waals surface area contributed by atoms with E-state index in [0.29, 0.717) is 4.47 Å². The molecule has 1 heterocycles. The molecule has 6 heteroatoms. The second kappa shape index (κ2) is 5.47. The molecule has 1 unspecified atom stereocenters. The first-order chi connectivity index (χ1) is 7.99. The summed E-state index contributed by atoms with van der Waals surface area (Å²) < 4.78 is 28.8. The molecule has 0 aliphatic carbocycles. The zero-order chi connectivity index (χ0) is 12.6. The van der Waals surface area contributed by atoms with E-state index in [1.807, 2.05) is 12.1 Å². The fourth-order valence-corrected chi connectivity index (χ4v) is 4.09. The molecule has 1 aromatic heterocycles. The van der Waals surface area contributed by atoms with Crippen molar-refractivity contribution in [3.63, 3.8) is 0 Å². The topological polar surface area (TPSA) is 0 Å². The van der Waals surface area contributed by atoms with Crippen molar-refractivity contribution in [3.8, 4) is 0 Å². The third-order valence-corrected chi connectivity index (χ3v) is 5.54. The summed E-state index contributed by atoms with van der Waals surface area (Å²) in [5.74, 6) is -1.13. The monoisotopic (exact) mass is 444 g/mol. The summed E-state index contributed by atoms with van der Waals surface area (Å²) in [6.45, 7) is 0. The Morgan fingerprint density at radius 3 is 2.12 bits per heavy atom. The van der Waals surface area contributed by atoms with Crippen LogP contribution in [-0.4, -0.2) is 0 Å². The van der Waals surface area contributed by atoms with Gasteiger partial charge in [0.15, 0.2) is 0 Å². The summed E-state index contributed by atoms with van der Waals surface area (Å²) in [7, 11) is 0. The van der Waals surface area contributed by atoms with Gasteiger partial charge in [-0.1, -0.05) is 31.9 Å². The first-order valence-electron chi connectivity index (χ1n) is 4.53. The van der Waals surface area contributed by atoms with Crippen molar-refractivity contribution in [1.29, 1.82) is 0 Å². The van der Waals surface area contributed by atoms with Gasteiger partial charge in [-0.05, 0) is 40.2 Å². The van der Waals surface area contributed by atoms with Crippen LogP contribution in [0.3, 0.4) is 0 Å². The molecule has 0 aliphatic rings. The van der Waals surface area contributed by atoms with Crippen molar-refractivity contribution in [3.05, 3.63) is 54.6 Å². The molecule has 1 atom stereocenters. The van der Waals surface area contributed by atoms with Crippen LogP contribution < -0.4 is 0 Å². The zero-order valence-corrected chi connectivity index (χ0v) is 13.8. The second-order valence-electron chi connectivity index (χ2n) is 3.29. The maximum atomic E-state index is 13.7. The second-order valence-corrected chi connectivity index (χ2v) is 7.61. The van der Waals surface area contributed by atoms with Crippen molar-refractivity contribution in [1.82, 2.24) is 0 Å². The molecular formula is C11H5Br3F2S. The predicted octanol–water partition coefficient (Wildman–Crippen LogP) is 6.04. The van der Waals surface area contributed by atoms with Crippen LogP contribution in [-0.2, 0) is 0 Å². The van der Waals surface area contributed by atoms with Gasteiger partial charge in [0.1, 0.15) is 11.6 Å². The van der Waals surface area contributed by atoms with Crippen molar-refractivity contribution >= 4 is 59.1 Å². The van der Waals surface area contributed by atoms with Gasteiger partial charge in [0, 0.05) is 14.9 Å². The molecule has 2 rings (SSSR count). The average Bonchev–Trinajstić information content (AvgIpc) is 2.63. The molecule has 0 amide bonds. The summed E-state index contributed by atoms with van der Waals surface area (Å²) >= 11 is 11.1. The van der Waals surface area contributed by atoms with Gasteiger partial charge in [0.25, 0.3) is 0 Å². The van der Waals surface area contributed by atoms with Crippen molar-refractivity contribution in [2.24, 2.45) is 0 Å². The number of alkyl halides is 1. The van der Waals surface area contributed by atoms with Crippen LogP contribution >= 0.6 is 59.1 Å². The molecule has 0 nitrogen and oxygen atoms in total. The first kappa shape index (κ1) is 13.6. The van der Waals surface area contributed by atoms with Crippen LogP contribution in [0.25, 0.3) is 0 Å². The van der Waals surface area contributed by atoms with Gasteiger partial charge >= 0.3 is 0 Å². The minimum absolute atomic E-state index is 0.0301. The Kier molecular flexibility index (Phi) is 4.39. The molecule has 0 spiro atoms. The zero-order valence-electron chi connectivity index (χ0n) is 8.18. The van der Waals surface area contributed by atoms with Gasteiger partial charge in [-0.15, -0.1) is 11.3 Å². The molecule has 0 aliphatic heterocycles. The van der Waals surface area contributed by atoms with Crippen LogP contribution in [0.1, 0.15) is 15.3 Å². The SMILES string of the molecule is Fc1cc(Br)cc(F)c1C(Br)c1ccc(Br)s1. The highest BCUT2D eigenvalue weighted by Crippen LogP contribution is 2.39. The van der Waals surface area contributed by atoms with Crippen LogP contribution in [0.5, 0.6) is 0 Å². The van der Waals surface area contributed by atoms with Crippen LogP contribution in [0, 0.1) is 11.6 Å². The number of benzene rings is 1. The summed E-state index contributed by atoms with van der Waals surface area (Å²) in [6, 6.07) is 6.20. The van der Waals surface area contributed by atoms with Crippen molar-refractivity contribution in [2.45, 2.75) is 4.83 Å². The highest BCUT2D eigenvalue weighted by molar-refractivity contribution is 9.11. The number of thiophene rings is 1. The minimum Gasteiger partial charge on any atom is -0.206 e.